The van der Waals surface area contributed by atoms with E-state index >= 15 is 0 Å². The van der Waals surface area contributed by atoms with Gasteiger partial charge in [-0.05, 0) is 42.7 Å². The van der Waals surface area contributed by atoms with Crippen molar-refractivity contribution in [2.45, 2.75) is 25.8 Å². The van der Waals surface area contributed by atoms with Gasteiger partial charge in [0.1, 0.15) is 11.4 Å². The zero-order chi connectivity index (χ0) is 26.4. The number of amides is 1. The van der Waals surface area contributed by atoms with Gasteiger partial charge in [-0.3, -0.25) is 19.4 Å². The molecule has 2 aromatic carbocycles. The summed E-state index contributed by atoms with van der Waals surface area (Å²) in [5.74, 6) is -0.528. The number of aromatic hydroxyl groups is 1. The lowest BCUT2D eigenvalue weighted by molar-refractivity contribution is 0.0744. The molecule has 0 spiro atoms. The summed E-state index contributed by atoms with van der Waals surface area (Å²) in [7, 11) is 0. The van der Waals surface area contributed by atoms with Crippen LogP contribution in [0.3, 0.4) is 0 Å². The van der Waals surface area contributed by atoms with E-state index in [0.717, 1.165) is 18.5 Å². The summed E-state index contributed by atoms with van der Waals surface area (Å²) < 4.78 is 0. The van der Waals surface area contributed by atoms with E-state index in [-0.39, 0.29) is 45.7 Å². The van der Waals surface area contributed by atoms with Crippen LogP contribution in [0.2, 0.25) is 0 Å². The molecule has 0 saturated carbocycles. The Morgan fingerprint density at radius 3 is 2.42 bits per heavy atom. The van der Waals surface area contributed by atoms with Crippen LogP contribution in [0.15, 0.2) is 76.1 Å². The predicted molar refractivity (Wildman–Crippen MR) is 147 cm³/mol. The average molecular weight is 512 g/mol. The number of piperazine rings is 1. The maximum atomic E-state index is 13.3. The van der Waals surface area contributed by atoms with Crippen molar-refractivity contribution in [3.8, 4) is 5.75 Å². The van der Waals surface area contributed by atoms with Crippen molar-refractivity contribution in [3.05, 3.63) is 92.5 Å². The number of carbonyl (C=O) groups excluding carboxylic acids is 1. The van der Waals surface area contributed by atoms with Crippen LogP contribution in [0.5, 0.6) is 5.75 Å². The van der Waals surface area contributed by atoms with E-state index < -0.39 is 10.9 Å². The number of fused-ring (bicyclic) bond motifs is 1. The number of phenolic OH excluding ortho intramolecular Hbond substituents is 1. The molecule has 9 nitrogen and oxygen atoms in total. The fourth-order valence-corrected chi connectivity index (χ4v) is 5.71. The van der Waals surface area contributed by atoms with Gasteiger partial charge in [0.25, 0.3) is 16.8 Å². The average Bonchev–Trinajstić information content (AvgIpc) is 2.95. The second-order valence-corrected chi connectivity index (χ2v) is 10.1. The molecule has 3 N–H and O–H groups in total. The summed E-state index contributed by atoms with van der Waals surface area (Å²) in [6.45, 7) is 4.40. The number of hydrogen-bond donors (Lipinski definition) is 3. The first-order valence-corrected chi connectivity index (χ1v) is 13.0. The summed E-state index contributed by atoms with van der Waals surface area (Å²) in [6.07, 6.45) is 11.6. The first kappa shape index (κ1) is 24.0. The normalized spacial score (nSPS) is 20.7. The van der Waals surface area contributed by atoms with Crippen LogP contribution in [-0.4, -0.2) is 53.1 Å². The minimum Gasteiger partial charge on any atom is -0.505 e. The van der Waals surface area contributed by atoms with Crippen molar-refractivity contribution in [2.75, 3.05) is 41.7 Å². The number of pyridine rings is 1. The molecule has 1 amide bonds. The molecule has 194 valence electrons. The standard InChI is InChI=1S/C29H29N5O4/c1-2-22(29-10-6-18(29)7-11-29)32-24-23(26(36)27(24)37)31-21-5-3-4-20(25(21)35)28(38)34-16-14-33(15-17-34)19-8-12-30-13-9-19/h3-10,12-13,22,31-32,35H,2,11,14-17H2,1H3/t22-,29?/m1/s1. The van der Waals surface area contributed by atoms with Gasteiger partial charge in [0.05, 0.1) is 11.3 Å². The smallest absolute Gasteiger partial charge is 0.257 e. The van der Waals surface area contributed by atoms with E-state index in [0.29, 0.717) is 26.2 Å². The molecule has 2 heterocycles. The van der Waals surface area contributed by atoms with Gasteiger partial charge in [0, 0.05) is 55.7 Å². The van der Waals surface area contributed by atoms with Crippen molar-refractivity contribution in [3.63, 3.8) is 0 Å². The molecule has 0 bridgehead atoms. The fourth-order valence-electron chi connectivity index (χ4n) is 5.71. The maximum Gasteiger partial charge on any atom is 0.257 e. The number of hydrogen-bond acceptors (Lipinski definition) is 8. The number of anilines is 4. The number of rotatable bonds is 8. The largest absolute Gasteiger partial charge is 0.505 e. The van der Waals surface area contributed by atoms with Gasteiger partial charge in [-0.2, -0.15) is 0 Å². The SMILES string of the molecule is CC[C@@H](Nc1c(Nc2cccc(C(=O)N3CCN(c4ccncc4)CC3)c2O)c(=O)c1=O)C12C=CC1=CC2. The second kappa shape index (κ2) is 9.16. The highest BCUT2D eigenvalue weighted by Gasteiger charge is 2.48. The lowest BCUT2D eigenvalue weighted by Crippen LogP contribution is -2.50. The number of para-hydroxylation sites is 1. The number of nitrogens with zero attached hydrogens (tertiary/aromatic N) is 3. The van der Waals surface area contributed by atoms with Crippen LogP contribution in [0, 0.1) is 5.41 Å². The van der Waals surface area contributed by atoms with Gasteiger partial charge in [0.2, 0.25) is 0 Å². The van der Waals surface area contributed by atoms with Crippen LogP contribution in [0.4, 0.5) is 22.7 Å². The van der Waals surface area contributed by atoms with E-state index in [1.54, 1.807) is 35.5 Å². The monoisotopic (exact) mass is 511 g/mol. The van der Waals surface area contributed by atoms with Gasteiger partial charge in [-0.15, -0.1) is 0 Å². The Morgan fingerprint density at radius 2 is 1.82 bits per heavy atom. The van der Waals surface area contributed by atoms with Gasteiger partial charge < -0.3 is 25.5 Å². The Kier molecular flexibility index (Phi) is 5.78. The molecule has 3 aromatic rings. The van der Waals surface area contributed by atoms with E-state index in [1.165, 1.54) is 5.57 Å². The molecule has 1 aromatic heterocycles. The Hall–Kier alpha value is -4.40. The van der Waals surface area contributed by atoms with E-state index in [9.17, 15) is 19.5 Å². The molecule has 38 heavy (non-hydrogen) atoms. The number of benzene rings is 1. The highest BCUT2D eigenvalue weighted by Crippen LogP contribution is 2.54. The van der Waals surface area contributed by atoms with Gasteiger partial charge >= 0.3 is 0 Å². The van der Waals surface area contributed by atoms with Crippen LogP contribution < -0.4 is 26.4 Å². The van der Waals surface area contributed by atoms with Crippen molar-refractivity contribution in [1.82, 2.24) is 9.88 Å². The van der Waals surface area contributed by atoms with Crippen LogP contribution in [0.25, 0.3) is 0 Å². The first-order chi connectivity index (χ1) is 18.4. The topological polar surface area (TPSA) is 115 Å². The molecule has 1 aliphatic heterocycles. The predicted octanol–water partition coefficient (Wildman–Crippen LogP) is 3.17. The summed E-state index contributed by atoms with van der Waals surface area (Å²) in [5, 5.41) is 17.2. The molecule has 6 rings (SSSR count). The number of phenols is 1. The third-order valence-electron chi connectivity index (χ3n) is 8.14. The number of aromatic nitrogens is 1. The van der Waals surface area contributed by atoms with Crippen molar-refractivity contribution >= 4 is 28.7 Å². The molecule has 1 saturated heterocycles. The summed E-state index contributed by atoms with van der Waals surface area (Å²) in [6, 6.07) is 8.68. The van der Waals surface area contributed by atoms with Gasteiger partial charge in [-0.25, -0.2) is 0 Å². The number of allylic oxidation sites excluding steroid dienone is 2. The zero-order valence-corrected chi connectivity index (χ0v) is 21.1. The van der Waals surface area contributed by atoms with Crippen LogP contribution in [0.1, 0.15) is 30.1 Å². The third kappa shape index (κ3) is 3.69. The minimum absolute atomic E-state index is 0.0105. The molecule has 2 atom stereocenters. The Labute approximate surface area is 219 Å². The highest BCUT2D eigenvalue weighted by atomic mass is 16.3. The minimum atomic E-state index is -0.642. The van der Waals surface area contributed by atoms with Crippen molar-refractivity contribution in [1.29, 1.82) is 0 Å². The molecule has 2 aliphatic carbocycles. The lowest BCUT2D eigenvalue weighted by atomic mass is 9.57. The molecule has 1 fully saturated rings. The molecule has 9 heteroatoms. The third-order valence-corrected chi connectivity index (χ3v) is 8.14. The summed E-state index contributed by atoms with van der Waals surface area (Å²) in [4.78, 5) is 46.2. The molecule has 0 radical (unpaired) electrons. The highest BCUT2D eigenvalue weighted by molar-refractivity contribution is 5.99. The van der Waals surface area contributed by atoms with Crippen molar-refractivity contribution < 1.29 is 9.90 Å². The summed E-state index contributed by atoms with van der Waals surface area (Å²) >= 11 is 0. The Balaban J connectivity index is 1.17. The van der Waals surface area contributed by atoms with Gasteiger partial charge in [-0.1, -0.05) is 31.2 Å². The van der Waals surface area contributed by atoms with Crippen LogP contribution >= 0.6 is 0 Å². The summed E-state index contributed by atoms with van der Waals surface area (Å²) in [5.41, 5.74) is 1.72. The maximum absolute atomic E-state index is 13.3. The lowest BCUT2D eigenvalue weighted by Gasteiger charge is -2.50. The number of nitrogens with one attached hydrogen (secondary N) is 2. The first-order valence-electron chi connectivity index (χ1n) is 13.0. The second-order valence-electron chi connectivity index (χ2n) is 10.1. The van der Waals surface area contributed by atoms with Crippen molar-refractivity contribution in [2.24, 2.45) is 5.41 Å². The van der Waals surface area contributed by atoms with Gasteiger partial charge in [0.15, 0.2) is 5.75 Å². The van der Waals surface area contributed by atoms with E-state index in [2.05, 4.69) is 38.7 Å². The molecular weight excluding hydrogens is 482 g/mol. The van der Waals surface area contributed by atoms with E-state index in [4.69, 9.17) is 0 Å². The fraction of sp³-hybridized carbons (Fsp3) is 0.310. The zero-order valence-electron chi connectivity index (χ0n) is 21.1. The molecule has 1 unspecified atom stereocenters. The quantitative estimate of drug-likeness (QED) is 0.312. The van der Waals surface area contributed by atoms with Crippen LogP contribution in [-0.2, 0) is 0 Å². The number of carbonyl (C=O) groups is 1. The Bertz CT molecular complexity index is 1530. The molecular formula is C29H29N5O4. The molecule has 3 aliphatic rings. The Morgan fingerprint density at radius 1 is 1.08 bits per heavy atom. The van der Waals surface area contributed by atoms with E-state index in [1.807, 2.05) is 19.1 Å².